The van der Waals surface area contributed by atoms with Crippen LogP contribution in [0.5, 0.6) is 5.75 Å². The Labute approximate surface area is 131 Å². The van der Waals surface area contributed by atoms with Gasteiger partial charge in [-0.2, -0.15) is 0 Å². The molecule has 2 rings (SSSR count). The molecule has 0 fully saturated rings. The molecule has 0 aliphatic rings. The van der Waals surface area contributed by atoms with Crippen molar-refractivity contribution < 1.29 is 14.5 Å². The number of nitrogens with zero attached hydrogens (tertiary/aromatic N) is 2. The van der Waals surface area contributed by atoms with Gasteiger partial charge in [-0.15, -0.1) is 0 Å². The SMILES string of the molecule is Cc1ccccc1OCCn1cc([N+](=O)[O-])cc(C(N)=O)c1=O. The van der Waals surface area contributed by atoms with Gasteiger partial charge in [-0.3, -0.25) is 19.7 Å². The van der Waals surface area contributed by atoms with Crippen LogP contribution in [0.2, 0.25) is 0 Å². The summed E-state index contributed by atoms with van der Waals surface area (Å²) in [6.07, 6.45) is 1.07. The second-order valence-electron chi connectivity index (χ2n) is 4.85. The number of aryl methyl sites for hydroxylation is 1. The molecule has 1 heterocycles. The van der Waals surface area contributed by atoms with Crippen LogP contribution in [0.4, 0.5) is 5.69 Å². The highest BCUT2D eigenvalue weighted by molar-refractivity contribution is 5.92. The van der Waals surface area contributed by atoms with Crippen LogP contribution in [0.1, 0.15) is 15.9 Å². The van der Waals surface area contributed by atoms with Crippen molar-refractivity contribution in [1.29, 1.82) is 0 Å². The third-order valence-corrected chi connectivity index (χ3v) is 3.23. The van der Waals surface area contributed by atoms with Crippen LogP contribution >= 0.6 is 0 Å². The number of para-hydroxylation sites is 1. The first-order chi connectivity index (χ1) is 10.9. The van der Waals surface area contributed by atoms with Crippen molar-refractivity contribution in [2.45, 2.75) is 13.5 Å². The molecule has 0 aliphatic carbocycles. The lowest BCUT2D eigenvalue weighted by Crippen LogP contribution is -2.31. The number of pyridine rings is 1. The molecule has 8 nitrogen and oxygen atoms in total. The first-order valence-corrected chi connectivity index (χ1v) is 6.77. The van der Waals surface area contributed by atoms with E-state index in [2.05, 4.69) is 0 Å². The third kappa shape index (κ3) is 3.73. The summed E-state index contributed by atoms with van der Waals surface area (Å²) in [6.45, 7) is 2.04. The van der Waals surface area contributed by atoms with Crippen LogP contribution in [0, 0.1) is 17.0 Å². The molecular formula is C15H15N3O5. The standard InChI is InChI=1S/C15H15N3O5/c1-10-4-2-3-5-13(10)23-7-6-17-9-11(18(21)22)8-12(14(16)19)15(17)20/h2-5,8-9H,6-7H2,1H3,(H2,16,19). The topological polar surface area (TPSA) is 117 Å². The van der Waals surface area contributed by atoms with Crippen LogP contribution in [0.15, 0.2) is 41.3 Å². The lowest BCUT2D eigenvalue weighted by molar-refractivity contribution is -0.385. The lowest BCUT2D eigenvalue weighted by Gasteiger charge is -2.10. The van der Waals surface area contributed by atoms with Gasteiger partial charge in [0.05, 0.1) is 17.7 Å². The summed E-state index contributed by atoms with van der Waals surface area (Å²) in [7, 11) is 0. The molecule has 120 valence electrons. The Bertz CT molecular complexity index is 813. The molecule has 1 amide bonds. The molecule has 0 bridgehead atoms. The molecule has 0 radical (unpaired) electrons. The first kappa shape index (κ1) is 16.2. The first-order valence-electron chi connectivity index (χ1n) is 6.77. The summed E-state index contributed by atoms with van der Waals surface area (Å²) < 4.78 is 6.60. The third-order valence-electron chi connectivity index (χ3n) is 3.23. The fourth-order valence-corrected chi connectivity index (χ4v) is 2.03. The Morgan fingerprint density at radius 1 is 1.39 bits per heavy atom. The van der Waals surface area contributed by atoms with Crippen molar-refractivity contribution in [1.82, 2.24) is 4.57 Å². The maximum absolute atomic E-state index is 12.1. The Kier molecular flexibility index (Phi) is 4.75. The van der Waals surface area contributed by atoms with E-state index in [1.54, 1.807) is 6.07 Å². The highest BCUT2D eigenvalue weighted by Crippen LogP contribution is 2.16. The van der Waals surface area contributed by atoms with E-state index in [4.69, 9.17) is 10.5 Å². The zero-order chi connectivity index (χ0) is 17.0. The van der Waals surface area contributed by atoms with Crippen molar-refractivity contribution in [3.8, 4) is 5.75 Å². The number of hydrogen-bond acceptors (Lipinski definition) is 5. The molecule has 0 saturated heterocycles. The number of nitrogens with two attached hydrogens (primary N) is 1. The van der Waals surface area contributed by atoms with E-state index in [1.807, 2.05) is 25.1 Å². The number of amides is 1. The minimum Gasteiger partial charge on any atom is -0.491 e. The van der Waals surface area contributed by atoms with Crippen LogP contribution in [-0.2, 0) is 6.54 Å². The summed E-state index contributed by atoms with van der Waals surface area (Å²) >= 11 is 0. The second-order valence-corrected chi connectivity index (χ2v) is 4.85. The number of aromatic nitrogens is 1. The maximum atomic E-state index is 12.1. The summed E-state index contributed by atoms with van der Waals surface area (Å²) in [4.78, 5) is 33.5. The van der Waals surface area contributed by atoms with E-state index < -0.39 is 22.0 Å². The van der Waals surface area contributed by atoms with Crippen LogP contribution in [0.3, 0.4) is 0 Å². The monoisotopic (exact) mass is 317 g/mol. The molecule has 0 saturated carbocycles. The van der Waals surface area contributed by atoms with E-state index >= 15 is 0 Å². The van der Waals surface area contributed by atoms with Gasteiger partial charge in [-0.25, -0.2) is 0 Å². The summed E-state index contributed by atoms with van der Waals surface area (Å²) in [6, 6.07) is 8.21. The molecule has 0 spiro atoms. The van der Waals surface area contributed by atoms with Crippen LogP contribution in [0.25, 0.3) is 0 Å². The van der Waals surface area contributed by atoms with Gasteiger partial charge in [0, 0.05) is 6.07 Å². The average molecular weight is 317 g/mol. The summed E-state index contributed by atoms with van der Waals surface area (Å²) in [5, 5.41) is 10.9. The van der Waals surface area contributed by atoms with Gasteiger partial charge < -0.3 is 15.0 Å². The average Bonchev–Trinajstić information content (AvgIpc) is 2.50. The normalized spacial score (nSPS) is 10.3. The van der Waals surface area contributed by atoms with Crippen molar-refractivity contribution in [2.75, 3.05) is 6.61 Å². The number of nitro groups is 1. The Hall–Kier alpha value is -3.16. The Morgan fingerprint density at radius 2 is 2.09 bits per heavy atom. The number of rotatable bonds is 6. The van der Waals surface area contributed by atoms with Gasteiger partial charge in [-0.05, 0) is 18.6 Å². The van der Waals surface area contributed by atoms with E-state index in [0.29, 0.717) is 5.75 Å². The molecule has 8 heteroatoms. The van der Waals surface area contributed by atoms with Crippen molar-refractivity contribution >= 4 is 11.6 Å². The molecule has 2 aromatic rings. The second kappa shape index (κ2) is 6.73. The molecule has 2 N–H and O–H groups in total. The zero-order valence-electron chi connectivity index (χ0n) is 12.4. The van der Waals surface area contributed by atoms with Gasteiger partial charge in [0.2, 0.25) is 0 Å². The quantitative estimate of drug-likeness (QED) is 0.635. The van der Waals surface area contributed by atoms with Gasteiger partial charge in [0.15, 0.2) is 0 Å². The molecule has 23 heavy (non-hydrogen) atoms. The van der Waals surface area contributed by atoms with Gasteiger partial charge in [-0.1, -0.05) is 18.2 Å². The number of ether oxygens (including phenoxy) is 1. The Morgan fingerprint density at radius 3 is 2.70 bits per heavy atom. The highest BCUT2D eigenvalue weighted by Gasteiger charge is 2.17. The molecule has 1 aromatic carbocycles. The smallest absolute Gasteiger partial charge is 0.286 e. The number of hydrogen-bond donors (Lipinski definition) is 1. The van der Waals surface area contributed by atoms with Gasteiger partial charge >= 0.3 is 0 Å². The number of carbonyl (C=O) groups is 1. The predicted octanol–water partition coefficient (Wildman–Crippen LogP) is 1.24. The minimum atomic E-state index is -1.01. The van der Waals surface area contributed by atoms with Gasteiger partial charge in [0.25, 0.3) is 17.2 Å². The van der Waals surface area contributed by atoms with E-state index in [9.17, 15) is 19.7 Å². The zero-order valence-corrected chi connectivity index (χ0v) is 12.4. The molecule has 0 unspecified atom stereocenters. The fraction of sp³-hybridized carbons (Fsp3) is 0.200. The fourth-order valence-electron chi connectivity index (χ4n) is 2.03. The van der Waals surface area contributed by atoms with Gasteiger partial charge in [0.1, 0.15) is 17.9 Å². The van der Waals surface area contributed by atoms with Crippen molar-refractivity contribution in [3.05, 3.63) is 68.1 Å². The highest BCUT2D eigenvalue weighted by atomic mass is 16.6. The Balaban J connectivity index is 2.22. The van der Waals surface area contributed by atoms with Crippen molar-refractivity contribution in [2.24, 2.45) is 5.73 Å². The van der Waals surface area contributed by atoms with Crippen LogP contribution in [-0.4, -0.2) is 22.0 Å². The minimum absolute atomic E-state index is 0.0507. The number of primary amides is 1. The largest absolute Gasteiger partial charge is 0.491 e. The van der Waals surface area contributed by atoms with Crippen molar-refractivity contribution in [3.63, 3.8) is 0 Å². The molecule has 0 aliphatic heterocycles. The van der Waals surface area contributed by atoms with E-state index in [-0.39, 0.29) is 18.8 Å². The summed E-state index contributed by atoms with van der Waals surface area (Å²) in [5.41, 5.74) is 4.53. The molecule has 0 atom stereocenters. The number of benzene rings is 1. The molecular weight excluding hydrogens is 302 g/mol. The predicted molar refractivity (Wildman–Crippen MR) is 82.5 cm³/mol. The summed E-state index contributed by atoms with van der Waals surface area (Å²) in [5.74, 6) is -0.353. The molecule has 1 aromatic heterocycles. The van der Waals surface area contributed by atoms with E-state index in [0.717, 1.165) is 22.4 Å². The van der Waals surface area contributed by atoms with Crippen LogP contribution < -0.4 is 16.0 Å². The van der Waals surface area contributed by atoms with E-state index in [1.165, 1.54) is 0 Å². The number of carbonyl (C=O) groups excluding carboxylic acids is 1. The lowest BCUT2D eigenvalue weighted by atomic mass is 10.2. The maximum Gasteiger partial charge on any atom is 0.286 e.